The molecule has 1 saturated heterocycles. The van der Waals surface area contributed by atoms with Crippen LogP contribution in [0.25, 0.3) is 0 Å². The Morgan fingerprint density at radius 1 is 1.43 bits per heavy atom. The second-order valence-corrected chi connectivity index (χ2v) is 7.29. The number of hydrogen-bond donors (Lipinski definition) is 1. The molecule has 1 N–H and O–H groups in total. The lowest BCUT2D eigenvalue weighted by Gasteiger charge is -2.36. The molecule has 0 aliphatic carbocycles. The predicted molar refractivity (Wildman–Crippen MR) is 88.0 cm³/mol. The second-order valence-electron chi connectivity index (χ2n) is 6.31. The number of carbonyl (C=O) groups is 1. The number of rotatable bonds is 7. The summed E-state index contributed by atoms with van der Waals surface area (Å²) in [4.78, 5) is 14.0. The Bertz CT molecular complexity index is 308. The van der Waals surface area contributed by atoms with Gasteiger partial charge in [-0.2, -0.15) is 11.8 Å². The van der Waals surface area contributed by atoms with E-state index in [4.69, 9.17) is 9.47 Å². The van der Waals surface area contributed by atoms with E-state index in [0.29, 0.717) is 19.8 Å². The van der Waals surface area contributed by atoms with Crippen LogP contribution < -0.4 is 5.32 Å². The van der Waals surface area contributed by atoms with Gasteiger partial charge in [-0.25, -0.2) is 4.79 Å². The fraction of sp³-hybridized carbons (Fsp3) is 0.933. The number of ether oxygens (including phenoxy) is 2. The first-order chi connectivity index (χ1) is 9.94. The quantitative estimate of drug-likeness (QED) is 0.730. The average Bonchev–Trinajstić information content (AvgIpc) is 2.41. The summed E-state index contributed by atoms with van der Waals surface area (Å²) in [6, 6.07) is 0.0640. The van der Waals surface area contributed by atoms with Crippen molar-refractivity contribution in [2.24, 2.45) is 0 Å². The third kappa shape index (κ3) is 7.93. The highest BCUT2D eigenvalue weighted by molar-refractivity contribution is 7.98. The van der Waals surface area contributed by atoms with Gasteiger partial charge < -0.3 is 14.8 Å². The highest BCUT2D eigenvalue weighted by atomic mass is 32.2. The van der Waals surface area contributed by atoms with Crippen LogP contribution >= 0.6 is 11.8 Å². The first-order valence-electron chi connectivity index (χ1n) is 7.71. The van der Waals surface area contributed by atoms with Crippen LogP contribution in [0.4, 0.5) is 4.79 Å². The van der Waals surface area contributed by atoms with Crippen LogP contribution in [0.1, 0.15) is 33.6 Å². The number of hydrogen-bond acceptors (Lipinski definition) is 5. The molecular formula is C15H30N2O3S. The van der Waals surface area contributed by atoms with Crippen LogP contribution in [0, 0.1) is 0 Å². The third-order valence-electron chi connectivity index (χ3n) is 3.19. The lowest BCUT2D eigenvalue weighted by molar-refractivity contribution is -0.0316. The molecule has 0 saturated carbocycles. The summed E-state index contributed by atoms with van der Waals surface area (Å²) in [5.41, 5.74) is -0.453. The van der Waals surface area contributed by atoms with Gasteiger partial charge in [0, 0.05) is 13.1 Å². The molecule has 21 heavy (non-hydrogen) atoms. The number of unbranched alkanes of at least 4 members (excludes halogenated alkanes) is 1. The molecule has 1 atom stereocenters. The number of morpholine rings is 1. The van der Waals surface area contributed by atoms with Gasteiger partial charge in [0.1, 0.15) is 5.60 Å². The summed E-state index contributed by atoms with van der Waals surface area (Å²) < 4.78 is 11.0. The maximum absolute atomic E-state index is 12.2. The molecule has 5 nitrogen and oxygen atoms in total. The van der Waals surface area contributed by atoms with Crippen molar-refractivity contribution >= 4 is 17.9 Å². The van der Waals surface area contributed by atoms with Gasteiger partial charge in [-0.1, -0.05) is 0 Å². The molecule has 1 heterocycles. The standard InChI is InChI=1S/C15H30N2O3S/c1-15(2,3)20-14(18)17-8-9-19-12-13(17)11-16-7-5-6-10-21-4/h13,16H,5-12H2,1-4H3. The molecule has 0 aromatic carbocycles. The van der Waals surface area contributed by atoms with Crippen molar-refractivity contribution in [1.29, 1.82) is 0 Å². The van der Waals surface area contributed by atoms with E-state index in [9.17, 15) is 4.79 Å². The number of amides is 1. The molecule has 1 aliphatic rings. The largest absolute Gasteiger partial charge is 0.444 e. The average molecular weight is 318 g/mol. The zero-order chi connectivity index (χ0) is 15.7. The van der Waals surface area contributed by atoms with Crippen molar-refractivity contribution in [3.63, 3.8) is 0 Å². The van der Waals surface area contributed by atoms with Crippen LogP contribution in [0.3, 0.4) is 0 Å². The van der Waals surface area contributed by atoms with Gasteiger partial charge >= 0.3 is 6.09 Å². The van der Waals surface area contributed by atoms with Gasteiger partial charge in [-0.3, -0.25) is 4.90 Å². The first kappa shape index (κ1) is 18.6. The monoisotopic (exact) mass is 318 g/mol. The van der Waals surface area contributed by atoms with Crippen LogP contribution in [0.2, 0.25) is 0 Å². The van der Waals surface area contributed by atoms with E-state index >= 15 is 0 Å². The molecule has 6 heteroatoms. The van der Waals surface area contributed by atoms with Crippen LogP contribution in [0.5, 0.6) is 0 Å². The van der Waals surface area contributed by atoms with Crippen LogP contribution in [-0.2, 0) is 9.47 Å². The Labute approximate surface area is 133 Å². The van der Waals surface area contributed by atoms with E-state index in [-0.39, 0.29) is 12.1 Å². The Kier molecular flexibility index (Phi) is 8.44. The highest BCUT2D eigenvalue weighted by Gasteiger charge is 2.30. The molecule has 0 spiro atoms. The molecule has 1 amide bonds. The number of nitrogens with zero attached hydrogens (tertiary/aromatic N) is 1. The molecule has 1 rings (SSSR count). The van der Waals surface area contributed by atoms with Gasteiger partial charge in [0.05, 0.1) is 19.3 Å². The molecule has 0 aromatic heterocycles. The summed E-state index contributed by atoms with van der Waals surface area (Å²) in [7, 11) is 0. The predicted octanol–water partition coefficient (Wildman–Crippen LogP) is 2.36. The summed E-state index contributed by atoms with van der Waals surface area (Å²) in [6.07, 6.45) is 4.29. The third-order valence-corrected chi connectivity index (χ3v) is 3.88. The van der Waals surface area contributed by atoms with Gasteiger partial charge in [0.25, 0.3) is 0 Å². The van der Waals surface area contributed by atoms with Gasteiger partial charge in [0.2, 0.25) is 0 Å². The number of carbonyl (C=O) groups excluding carboxylic acids is 1. The van der Waals surface area contributed by atoms with Crippen molar-refractivity contribution in [2.45, 2.75) is 45.3 Å². The summed E-state index contributed by atoms with van der Waals surface area (Å²) in [5, 5.41) is 3.42. The summed E-state index contributed by atoms with van der Waals surface area (Å²) >= 11 is 1.88. The van der Waals surface area contributed by atoms with E-state index < -0.39 is 5.60 Å². The fourth-order valence-corrected chi connectivity index (χ4v) is 2.64. The Balaban J connectivity index is 2.33. The SMILES string of the molecule is CSCCCCNCC1COCCN1C(=O)OC(C)(C)C. The Morgan fingerprint density at radius 2 is 2.19 bits per heavy atom. The van der Waals surface area contributed by atoms with E-state index in [2.05, 4.69) is 11.6 Å². The molecule has 1 fully saturated rings. The van der Waals surface area contributed by atoms with Gasteiger partial charge in [0.15, 0.2) is 0 Å². The minimum Gasteiger partial charge on any atom is -0.444 e. The van der Waals surface area contributed by atoms with Crippen molar-refractivity contribution < 1.29 is 14.3 Å². The lowest BCUT2D eigenvalue weighted by atomic mass is 10.2. The maximum atomic E-state index is 12.2. The number of nitrogens with one attached hydrogen (secondary N) is 1. The normalized spacial score (nSPS) is 19.6. The smallest absolute Gasteiger partial charge is 0.410 e. The molecule has 0 aromatic rings. The zero-order valence-electron chi connectivity index (χ0n) is 13.8. The molecule has 1 unspecified atom stereocenters. The zero-order valence-corrected chi connectivity index (χ0v) is 14.6. The highest BCUT2D eigenvalue weighted by Crippen LogP contribution is 2.14. The van der Waals surface area contributed by atoms with Crippen LogP contribution in [-0.4, -0.2) is 67.5 Å². The molecule has 0 bridgehead atoms. The van der Waals surface area contributed by atoms with E-state index in [0.717, 1.165) is 13.1 Å². The lowest BCUT2D eigenvalue weighted by Crippen LogP contribution is -2.54. The number of thioether (sulfide) groups is 1. The van der Waals surface area contributed by atoms with Crippen molar-refractivity contribution in [2.75, 3.05) is 44.9 Å². The minimum absolute atomic E-state index is 0.0640. The first-order valence-corrected chi connectivity index (χ1v) is 9.10. The molecule has 0 radical (unpaired) electrons. The van der Waals surface area contributed by atoms with Gasteiger partial charge in [-0.05, 0) is 52.2 Å². The maximum Gasteiger partial charge on any atom is 0.410 e. The van der Waals surface area contributed by atoms with Crippen molar-refractivity contribution in [1.82, 2.24) is 10.2 Å². The summed E-state index contributed by atoms with van der Waals surface area (Å²) in [6.45, 7) is 9.20. The van der Waals surface area contributed by atoms with Gasteiger partial charge in [-0.15, -0.1) is 0 Å². The minimum atomic E-state index is -0.453. The molecule has 124 valence electrons. The van der Waals surface area contributed by atoms with E-state index in [1.165, 1.54) is 18.6 Å². The second kappa shape index (κ2) is 9.54. The van der Waals surface area contributed by atoms with E-state index in [1.807, 2.05) is 32.5 Å². The van der Waals surface area contributed by atoms with Crippen LogP contribution in [0.15, 0.2) is 0 Å². The van der Waals surface area contributed by atoms with Crippen molar-refractivity contribution in [3.05, 3.63) is 0 Å². The Hall–Kier alpha value is -0.460. The molecular weight excluding hydrogens is 288 g/mol. The van der Waals surface area contributed by atoms with E-state index in [1.54, 1.807) is 4.90 Å². The topological polar surface area (TPSA) is 50.8 Å². The Morgan fingerprint density at radius 3 is 2.86 bits per heavy atom. The fourth-order valence-electron chi connectivity index (χ4n) is 2.15. The van der Waals surface area contributed by atoms with Crippen molar-refractivity contribution in [3.8, 4) is 0 Å². The summed E-state index contributed by atoms with van der Waals surface area (Å²) in [5.74, 6) is 1.21. The molecule has 1 aliphatic heterocycles.